The molecule has 0 bridgehead atoms. The van der Waals surface area contributed by atoms with Crippen molar-refractivity contribution in [3.63, 3.8) is 0 Å². The van der Waals surface area contributed by atoms with Crippen LogP contribution in [0.1, 0.15) is 254 Å². The average Bonchev–Trinajstić information content (AvgIpc) is 0.698. The highest BCUT2D eigenvalue weighted by Gasteiger charge is 2.50. The molecule has 0 saturated carbocycles. The molecule has 0 N–H and O–H groups in total. The number of hydrogen-bond acceptors (Lipinski definition) is 7. The van der Waals surface area contributed by atoms with Gasteiger partial charge in [0.25, 0.3) is 20.1 Å². The van der Waals surface area contributed by atoms with Crippen LogP contribution in [0.15, 0.2) is 291 Å². The Kier molecular flexibility index (Phi) is 21.3. The van der Waals surface area contributed by atoms with Crippen molar-refractivity contribution in [3.8, 4) is 0 Å². The molecule has 0 aliphatic carbocycles. The van der Waals surface area contributed by atoms with E-state index in [0.29, 0.717) is 0 Å². The van der Waals surface area contributed by atoms with Crippen LogP contribution in [0.3, 0.4) is 0 Å². The summed E-state index contributed by atoms with van der Waals surface area (Å²) in [6.45, 7) is 69.6. The highest BCUT2D eigenvalue weighted by molar-refractivity contribution is 7.02. The summed E-state index contributed by atoms with van der Waals surface area (Å²) in [6, 6.07) is 117. The summed E-state index contributed by atoms with van der Waals surface area (Å²) < 4.78 is 0. The van der Waals surface area contributed by atoms with Crippen LogP contribution in [0, 0.1) is 20.8 Å². The molecule has 0 radical (unpaired) electrons. The van der Waals surface area contributed by atoms with Gasteiger partial charge in [0.05, 0.1) is 0 Å². The van der Waals surface area contributed by atoms with E-state index in [1.54, 1.807) is 0 Å². The van der Waals surface area contributed by atoms with E-state index in [-0.39, 0.29) is 68.9 Å². The van der Waals surface area contributed by atoms with Crippen LogP contribution in [0.5, 0.6) is 0 Å². The highest BCUT2D eigenvalue weighted by Crippen LogP contribution is 2.54. The Bertz CT molecular complexity index is 6710. The summed E-state index contributed by atoms with van der Waals surface area (Å²) in [5.74, 6) is 0. The maximum absolute atomic E-state index is 2.69. The lowest BCUT2D eigenvalue weighted by molar-refractivity contribution is 0.590. The molecule has 15 aromatic rings. The van der Waals surface area contributed by atoms with Gasteiger partial charge >= 0.3 is 0 Å². The van der Waals surface area contributed by atoms with Gasteiger partial charge in [0, 0.05) is 119 Å². The van der Waals surface area contributed by atoms with E-state index in [9.17, 15) is 0 Å². The van der Waals surface area contributed by atoms with Crippen molar-refractivity contribution >= 4 is 189 Å². The zero-order valence-electron chi connectivity index (χ0n) is 88.1. The van der Waals surface area contributed by atoms with E-state index < -0.39 is 0 Å². The van der Waals surface area contributed by atoms with Gasteiger partial charge in [0.15, 0.2) is 0 Å². The van der Waals surface area contributed by atoms with Gasteiger partial charge in [0.2, 0.25) is 0 Å². The lowest BCUT2D eigenvalue weighted by atomic mass is 9.33. The second-order valence-corrected chi connectivity index (χ2v) is 50.4. The van der Waals surface area contributed by atoms with Gasteiger partial charge < -0.3 is 34.3 Å². The number of anilines is 21. The van der Waals surface area contributed by atoms with E-state index in [0.717, 1.165) is 68.2 Å². The molecular weight excluding hydrogens is 1680 g/mol. The summed E-state index contributed by atoms with van der Waals surface area (Å²) in [6.07, 6.45) is 0. The molecule has 0 spiro atoms. The normalized spacial score (nSPS) is 14.4. The molecule has 7 nitrogen and oxygen atoms in total. The quantitative estimate of drug-likeness (QED) is 0.133. The molecule has 0 saturated heterocycles. The molecule has 0 aromatic heterocycles. The molecule has 0 amide bonds. The van der Waals surface area contributed by atoms with Crippen molar-refractivity contribution in [2.45, 2.75) is 256 Å². The van der Waals surface area contributed by atoms with Gasteiger partial charge in [-0.25, -0.2) is 0 Å². The fourth-order valence-corrected chi connectivity index (χ4v) is 23.0. The van der Waals surface area contributed by atoms with Gasteiger partial charge in [-0.15, -0.1) is 0 Å². The molecule has 10 heteroatoms. The average molecular weight is 1820 g/mol. The Hall–Kier alpha value is -12.9. The first-order valence-corrected chi connectivity index (χ1v) is 50.9. The largest absolute Gasteiger partial charge is 0.311 e. The van der Waals surface area contributed by atoms with E-state index in [4.69, 9.17) is 0 Å². The van der Waals surface area contributed by atoms with Crippen molar-refractivity contribution in [1.29, 1.82) is 0 Å². The van der Waals surface area contributed by atoms with Gasteiger partial charge in [-0.1, -0.05) is 296 Å². The van der Waals surface area contributed by atoms with Gasteiger partial charge in [-0.05, 0) is 367 Å². The molecule has 139 heavy (non-hydrogen) atoms. The second kappa shape index (κ2) is 32.1. The minimum Gasteiger partial charge on any atom is -0.311 e. The lowest BCUT2D eigenvalue weighted by Gasteiger charge is -2.46. The smallest absolute Gasteiger partial charge is 0.252 e. The summed E-state index contributed by atoms with van der Waals surface area (Å²) >= 11 is 0. The van der Waals surface area contributed by atoms with Crippen molar-refractivity contribution in [1.82, 2.24) is 0 Å². The standard InChI is InChI=1S/C129H138B3N7/c1-79-67-112-118-115(70-79)137(94-52-37-85(38-53-94)124(13,14)15)109-64-58-97(76-103(109)130(118)100-73-88(127(22,23)24)43-61-106(100)134(112)91-46-31-82(32-47-91)121(4,5)6)133(98-59-65-110-104(77-98)131-101-74-89(128(25,26)27)44-62-107(101)135(92-48-33-83(34-49-92)122(7,8)9)113-68-80(2)71-116(119(113)131)138(110)95-54-39-86(40-55-95)125(16,17)18)99-60-66-111-105(78-99)132-102-75-90(129(28,29)30)45-63-108(102)136(93-50-35-84(36-51-93)123(10,11)12)114-69-81(3)72-117(120(114)132)139(111)96-56-41-87(42-57-96)126(19,20)21/h31-78H,1-30H3. The molecule has 6 aliphatic heterocycles. The summed E-state index contributed by atoms with van der Waals surface area (Å²) in [5, 5.41) is 0. The maximum atomic E-state index is 2.69. The molecule has 0 atom stereocenters. The van der Waals surface area contributed by atoms with E-state index in [1.165, 1.54) is 167 Å². The first-order valence-electron chi connectivity index (χ1n) is 50.9. The summed E-state index contributed by atoms with van der Waals surface area (Å²) in [4.78, 5) is 18.4. The lowest BCUT2D eigenvalue weighted by Crippen LogP contribution is -2.62. The van der Waals surface area contributed by atoms with E-state index in [1.807, 2.05) is 0 Å². The van der Waals surface area contributed by atoms with Gasteiger partial charge in [-0.2, -0.15) is 0 Å². The van der Waals surface area contributed by atoms with E-state index in [2.05, 4.69) is 533 Å². The van der Waals surface area contributed by atoms with Crippen molar-refractivity contribution in [2.75, 3.05) is 34.3 Å². The molecule has 0 fully saturated rings. The predicted molar refractivity (Wildman–Crippen MR) is 606 cm³/mol. The Labute approximate surface area is 831 Å². The molecule has 21 rings (SSSR count). The van der Waals surface area contributed by atoms with Crippen LogP contribution in [-0.4, -0.2) is 20.1 Å². The van der Waals surface area contributed by atoms with Gasteiger partial charge in [-0.3, -0.25) is 0 Å². The number of benzene rings is 15. The molecule has 698 valence electrons. The topological polar surface area (TPSA) is 22.7 Å². The first kappa shape index (κ1) is 92.4. The number of rotatable bonds is 9. The van der Waals surface area contributed by atoms with Crippen molar-refractivity contribution < 1.29 is 0 Å². The fraction of sp³-hybridized carbons (Fsp3) is 0.302. The zero-order valence-corrected chi connectivity index (χ0v) is 88.1. The molecule has 0 unspecified atom stereocenters. The molecule has 15 aromatic carbocycles. The van der Waals surface area contributed by atoms with Crippen LogP contribution in [0.4, 0.5) is 119 Å². The third-order valence-electron chi connectivity index (χ3n) is 30.9. The van der Waals surface area contributed by atoms with Crippen molar-refractivity contribution in [2.24, 2.45) is 0 Å². The molecule has 6 heterocycles. The van der Waals surface area contributed by atoms with Gasteiger partial charge in [0.1, 0.15) is 0 Å². The monoisotopic (exact) mass is 1820 g/mol. The predicted octanol–water partition coefficient (Wildman–Crippen LogP) is 30.0. The second-order valence-electron chi connectivity index (χ2n) is 50.4. The van der Waals surface area contributed by atoms with Crippen LogP contribution in [0.25, 0.3) is 0 Å². The highest BCUT2D eigenvalue weighted by atomic mass is 15.2. The van der Waals surface area contributed by atoms with E-state index >= 15 is 0 Å². The van der Waals surface area contributed by atoms with Crippen LogP contribution < -0.4 is 83.5 Å². The van der Waals surface area contributed by atoms with Crippen molar-refractivity contribution in [3.05, 3.63) is 358 Å². The third kappa shape index (κ3) is 15.7. The van der Waals surface area contributed by atoms with Crippen LogP contribution in [-0.2, 0) is 48.7 Å². The summed E-state index contributed by atoms with van der Waals surface area (Å²) in [5.41, 5.74) is 50.1. The van der Waals surface area contributed by atoms with Crippen LogP contribution >= 0.6 is 0 Å². The Morgan fingerprint density at radius 2 is 0.302 bits per heavy atom. The SMILES string of the molecule is Cc1cc2c3c(c1)N(c1ccc(C(C)(C)C)cc1)c1ccc(C(C)(C)C)cc1B3c1cc(N(c3ccc4c(c3)B3c5cc(C(C)(C)C)ccc5N(c5ccc(C(C)(C)C)cc5)c5cc(C)cc(c53)N4c3ccc(C(C)(C)C)cc3)c3ccc4c(c3)B3c5cc(C(C)(C)C)ccc5N(c5ccc(C(C)(C)C)cc5)c5cc(C)cc(c53)N4c3ccc(C(C)(C)C)cc3)ccc1N2c1ccc(C(C)(C)C)cc1. The number of nitrogens with zero attached hydrogens (tertiary/aromatic N) is 7. The van der Waals surface area contributed by atoms with Crippen LogP contribution in [0.2, 0.25) is 0 Å². The Balaban J connectivity index is 0.881. The minimum atomic E-state index is -0.220. The number of aryl methyl sites for hydroxylation is 3. The molecule has 6 aliphatic rings. The fourth-order valence-electron chi connectivity index (χ4n) is 23.0. The Morgan fingerprint density at radius 1 is 0.158 bits per heavy atom. The number of hydrogen-bond donors (Lipinski definition) is 0. The minimum absolute atomic E-state index is 0.0384. The number of fused-ring (bicyclic) bond motifs is 12. The Morgan fingerprint density at radius 3 is 0.460 bits per heavy atom. The summed E-state index contributed by atoms with van der Waals surface area (Å²) in [7, 11) is 0. The first-order chi connectivity index (χ1) is 65.3. The third-order valence-corrected chi connectivity index (χ3v) is 30.9. The zero-order chi connectivity index (χ0) is 98.5. The maximum Gasteiger partial charge on any atom is 0.252 e. The molecular formula is C129H138B3N7.